The zero-order valence-corrected chi connectivity index (χ0v) is 24.9. The standard InChI is InChI=1S/C36H40N4O3/c1-25-5-2-3-6-26(25)11-14-39-15-12-29(13-16-39)37-30-9-10-34-28(22-30)21-27-7-4-8-32(36(27)43-34)33-23-31(24-35(41)38-33)40-17-19-42-20-18-40/h2-10,22-24,29,37H,11-21H2,1H3,(H,38,41). The van der Waals surface area contributed by atoms with Crippen molar-refractivity contribution >= 4 is 11.4 Å². The number of para-hydroxylation sites is 1. The number of piperidine rings is 1. The van der Waals surface area contributed by atoms with Crippen molar-refractivity contribution < 1.29 is 9.47 Å². The molecule has 222 valence electrons. The SMILES string of the molecule is Cc1ccccc1CCN1CCC(Nc2ccc3c(c2)Cc2cccc(-c4cc(N5CCOCC5)cc(=O)[nH]4)c2O3)CC1. The Morgan fingerprint density at radius 2 is 1.74 bits per heavy atom. The third kappa shape index (κ3) is 6.19. The van der Waals surface area contributed by atoms with Gasteiger partial charge in [0.05, 0.1) is 18.9 Å². The lowest BCUT2D eigenvalue weighted by atomic mass is 9.95. The first-order valence-corrected chi connectivity index (χ1v) is 15.6. The molecular formula is C36H40N4O3. The van der Waals surface area contributed by atoms with E-state index in [-0.39, 0.29) is 5.56 Å². The van der Waals surface area contributed by atoms with E-state index in [2.05, 4.69) is 87.7 Å². The number of hydrogen-bond acceptors (Lipinski definition) is 6. The smallest absolute Gasteiger partial charge is 0.250 e. The van der Waals surface area contributed by atoms with Crippen LogP contribution in [0, 0.1) is 6.92 Å². The topological polar surface area (TPSA) is 69.8 Å². The minimum absolute atomic E-state index is 0.111. The van der Waals surface area contributed by atoms with Crippen LogP contribution in [0.5, 0.6) is 11.5 Å². The Hall–Kier alpha value is -4.07. The molecule has 2 fully saturated rings. The van der Waals surface area contributed by atoms with Gasteiger partial charge >= 0.3 is 0 Å². The molecule has 0 aliphatic carbocycles. The average molecular weight is 577 g/mol. The van der Waals surface area contributed by atoms with Crippen LogP contribution >= 0.6 is 0 Å². The average Bonchev–Trinajstić information content (AvgIpc) is 3.04. The lowest BCUT2D eigenvalue weighted by Gasteiger charge is -2.33. The summed E-state index contributed by atoms with van der Waals surface area (Å²) >= 11 is 0. The van der Waals surface area contributed by atoms with Gasteiger partial charge in [-0.3, -0.25) is 4.79 Å². The van der Waals surface area contributed by atoms with Crippen LogP contribution in [0.2, 0.25) is 0 Å². The number of rotatable bonds is 7. The summed E-state index contributed by atoms with van der Waals surface area (Å²) in [5.74, 6) is 1.70. The van der Waals surface area contributed by atoms with Gasteiger partial charge in [0.25, 0.3) is 0 Å². The van der Waals surface area contributed by atoms with Crippen LogP contribution in [0.4, 0.5) is 11.4 Å². The van der Waals surface area contributed by atoms with Gasteiger partial charge in [-0.1, -0.05) is 36.4 Å². The van der Waals surface area contributed by atoms with E-state index in [1.54, 1.807) is 6.07 Å². The Morgan fingerprint density at radius 3 is 2.58 bits per heavy atom. The zero-order valence-electron chi connectivity index (χ0n) is 24.9. The highest BCUT2D eigenvalue weighted by Gasteiger charge is 2.24. The molecule has 4 aromatic rings. The molecule has 0 atom stereocenters. The summed E-state index contributed by atoms with van der Waals surface area (Å²) in [6.07, 6.45) is 4.21. The molecule has 2 N–H and O–H groups in total. The number of pyridine rings is 1. The van der Waals surface area contributed by atoms with E-state index in [4.69, 9.17) is 9.47 Å². The molecule has 7 heteroatoms. The molecule has 0 bridgehead atoms. The van der Waals surface area contributed by atoms with Gasteiger partial charge in [-0.15, -0.1) is 0 Å². The molecule has 0 unspecified atom stereocenters. The normalized spacial score (nSPS) is 17.2. The van der Waals surface area contributed by atoms with E-state index in [9.17, 15) is 4.79 Å². The molecule has 0 spiro atoms. The molecule has 2 saturated heterocycles. The molecule has 3 aromatic carbocycles. The number of aromatic nitrogens is 1. The number of likely N-dealkylation sites (tertiary alicyclic amines) is 1. The number of hydrogen-bond donors (Lipinski definition) is 2. The van der Waals surface area contributed by atoms with Crippen molar-refractivity contribution in [3.63, 3.8) is 0 Å². The highest BCUT2D eigenvalue weighted by Crippen LogP contribution is 2.43. The summed E-state index contributed by atoms with van der Waals surface area (Å²) in [5.41, 5.74) is 8.81. The Labute approximate surface area is 253 Å². The summed E-state index contributed by atoms with van der Waals surface area (Å²) in [7, 11) is 0. The highest BCUT2D eigenvalue weighted by atomic mass is 16.5. The summed E-state index contributed by atoms with van der Waals surface area (Å²) in [6, 6.07) is 25.6. The van der Waals surface area contributed by atoms with E-state index >= 15 is 0 Å². The van der Waals surface area contributed by atoms with E-state index in [0.717, 1.165) is 98.1 Å². The Morgan fingerprint density at radius 1 is 0.907 bits per heavy atom. The number of fused-ring (bicyclic) bond motifs is 2. The number of H-pyrrole nitrogens is 1. The van der Waals surface area contributed by atoms with E-state index < -0.39 is 0 Å². The molecule has 7 nitrogen and oxygen atoms in total. The Kier molecular flexibility index (Phi) is 7.92. The number of morpholine rings is 1. The lowest BCUT2D eigenvalue weighted by Crippen LogP contribution is -2.40. The van der Waals surface area contributed by atoms with Crippen LogP contribution in [0.1, 0.15) is 35.1 Å². The molecule has 1 aromatic heterocycles. The van der Waals surface area contributed by atoms with Gasteiger partial charge in [0.15, 0.2) is 0 Å². The highest BCUT2D eigenvalue weighted by molar-refractivity contribution is 5.74. The van der Waals surface area contributed by atoms with Gasteiger partial charge in [-0.2, -0.15) is 0 Å². The van der Waals surface area contributed by atoms with Crippen LogP contribution < -0.4 is 20.5 Å². The summed E-state index contributed by atoms with van der Waals surface area (Å²) in [6.45, 7) is 8.50. The van der Waals surface area contributed by atoms with Gasteiger partial charge in [0, 0.05) is 73.8 Å². The maximum atomic E-state index is 12.7. The quantitative estimate of drug-likeness (QED) is 0.248. The van der Waals surface area contributed by atoms with Crippen LogP contribution in [0.25, 0.3) is 11.3 Å². The number of aryl methyl sites for hydroxylation is 1. The lowest BCUT2D eigenvalue weighted by molar-refractivity contribution is 0.122. The molecule has 0 amide bonds. The first-order chi connectivity index (χ1) is 21.1. The van der Waals surface area contributed by atoms with Crippen LogP contribution in [0.15, 0.2) is 77.6 Å². The molecule has 43 heavy (non-hydrogen) atoms. The second-order valence-corrected chi connectivity index (χ2v) is 12.0. The fourth-order valence-electron chi connectivity index (χ4n) is 6.66. The number of benzene rings is 3. The molecule has 7 rings (SSSR count). The van der Waals surface area contributed by atoms with Gasteiger partial charge in [0.2, 0.25) is 5.56 Å². The minimum Gasteiger partial charge on any atom is -0.456 e. The molecule has 4 heterocycles. The summed E-state index contributed by atoms with van der Waals surface area (Å²) < 4.78 is 12.0. The van der Waals surface area contributed by atoms with Crippen LogP contribution in [-0.2, 0) is 17.6 Å². The van der Waals surface area contributed by atoms with E-state index in [0.29, 0.717) is 19.3 Å². The van der Waals surface area contributed by atoms with Crippen molar-refractivity contribution in [3.8, 4) is 22.8 Å². The molecular weight excluding hydrogens is 536 g/mol. The molecule has 0 saturated carbocycles. The Balaban J connectivity index is 1.01. The van der Waals surface area contributed by atoms with Crippen molar-refractivity contribution in [2.45, 2.75) is 38.6 Å². The third-order valence-electron chi connectivity index (χ3n) is 9.16. The minimum atomic E-state index is -0.111. The first kappa shape index (κ1) is 27.7. The third-order valence-corrected chi connectivity index (χ3v) is 9.16. The maximum Gasteiger partial charge on any atom is 0.250 e. The van der Waals surface area contributed by atoms with Gasteiger partial charge in [0.1, 0.15) is 11.5 Å². The van der Waals surface area contributed by atoms with Crippen molar-refractivity contribution in [3.05, 3.63) is 105 Å². The number of aromatic amines is 1. The monoisotopic (exact) mass is 576 g/mol. The van der Waals surface area contributed by atoms with Crippen molar-refractivity contribution in [2.24, 2.45) is 0 Å². The summed E-state index contributed by atoms with van der Waals surface area (Å²) in [4.78, 5) is 20.5. The predicted molar refractivity (Wildman–Crippen MR) is 173 cm³/mol. The number of ether oxygens (including phenoxy) is 2. The van der Waals surface area contributed by atoms with E-state index in [1.807, 2.05) is 6.07 Å². The predicted octanol–water partition coefficient (Wildman–Crippen LogP) is 6.00. The van der Waals surface area contributed by atoms with Gasteiger partial charge < -0.3 is 29.6 Å². The second kappa shape index (κ2) is 12.3. The van der Waals surface area contributed by atoms with Crippen LogP contribution in [0.3, 0.4) is 0 Å². The molecule has 3 aliphatic heterocycles. The number of nitrogens with one attached hydrogen (secondary N) is 2. The molecule has 3 aliphatic rings. The zero-order chi connectivity index (χ0) is 29.2. The van der Waals surface area contributed by atoms with Crippen molar-refractivity contribution in [1.82, 2.24) is 9.88 Å². The fourth-order valence-corrected chi connectivity index (χ4v) is 6.66. The largest absolute Gasteiger partial charge is 0.456 e. The second-order valence-electron chi connectivity index (χ2n) is 12.0. The van der Waals surface area contributed by atoms with Crippen LogP contribution in [-0.4, -0.2) is 61.9 Å². The van der Waals surface area contributed by atoms with E-state index in [1.165, 1.54) is 16.7 Å². The van der Waals surface area contributed by atoms with Crippen molar-refractivity contribution in [1.29, 1.82) is 0 Å². The number of nitrogens with zero attached hydrogens (tertiary/aromatic N) is 2. The van der Waals surface area contributed by atoms with Gasteiger partial charge in [-0.25, -0.2) is 0 Å². The fraction of sp³-hybridized carbons (Fsp3) is 0.361. The first-order valence-electron chi connectivity index (χ1n) is 15.6. The summed E-state index contributed by atoms with van der Waals surface area (Å²) in [5, 5.41) is 3.80. The maximum absolute atomic E-state index is 12.7. The Bertz CT molecular complexity index is 1650. The molecule has 0 radical (unpaired) electrons. The van der Waals surface area contributed by atoms with Crippen molar-refractivity contribution in [2.75, 3.05) is 56.2 Å². The number of anilines is 2. The van der Waals surface area contributed by atoms with Gasteiger partial charge in [-0.05, 0) is 73.2 Å².